The van der Waals surface area contributed by atoms with Crippen molar-refractivity contribution in [3.05, 3.63) is 18.0 Å². The highest BCUT2D eigenvalue weighted by molar-refractivity contribution is 5.75. The van der Waals surface area contributed by atoms with E-state index in [0.29, 0.717) is 6.54 Å². The van der Waals surface area contributed by atoms with Gasteiger partial charge in [-0.15, -0.1) is 0 Å². The molecule has 0 atom stereocenters. The summed E-state index contributed by atoms with van der Waals surface area (Å²) in [6, 6.07) is 0. The molecule has 1 N–H and O–H groups in total. The van der Waals surface area contributed by atoms with Crippen LogP contribution in [0, 0.1) is 0 Å². The van der Waals surface area contributed by atoms with Crippen molar-refractivity contribution in [1.82, 2.24) is 20.0 Å². The van der Waals surface area contributed by atoms with Gasteiger partial charge in [0.25, 0.3) is 0 Å². The van der Waals surface area contributed by atoms with E-state index in [-0.39, 0.29) is 5.91 Å². The van der Waals surface area contributed by atoms with Crippen LogP contribution in [-0.2, 0) is 17.8 Å². The molecule has 0 spiro atoms. The predicted molar refractivity (Wildman–Crippen MR) is 72.4 cm³/mol. The topological polar surface area (TPSA) is 50.2 Å². The lowest BCUT2D eigenvalue weighted by Crippen LogP contribution is -2.33. The van der Waals surface area contributed by atoms with E-state index in [1.165, 1.54) is 5.56 Å². The third kappa shape index (κ3) is 4.49. The summed E-state index contributed by atoms with van der Waals surface area (Å²) in [5, 5.41) is 7.35. The van der Waals surface area contributed by atoms with Crippen molar-refractivity contribution < 1.29 is 4.79 Å². The fraction of sp³-hybridized carbons (Fsp3) is 0.692. The average Bonchev–Trinajstić information content (AvgIpc) is 2.79. The number of hydrogen-bond acceptors (Lipinski definition) is 3. The van der Waals surface area contributed by atoms with Gasteiger partial charge >= 0.3 is 0 Å². The summed E-state index contributed by atoms with van der Waals surface area (Å²) in [4.78, 5) is 13.7. The third-order valence-electron chi connectivity index (χ3n) is 2.99. The number of rotatable bonds is 8. The van der Waals surface area contributed by atoms with Crippen LogP contribution in [0.25, 0.3) is 0 Å². The minimum Gasteiger partial charge on any atom is -0.342 e. The molecular weight excluding hydrogens is 228 g/mol. The molecule has 0 fully saturated rings. The van der Waals surface area contributed by atoms with Crippen LogP contribution in [0.15, 0.2) is 12.4 Å². The van der Waals surface area contributed by atoms with E-state index in [0.717, 1.165) is 32.5 Å². The molecule has 1 heterocycles. The molecule has 0 bridgehead atoms. The van der Waals surface area contributed by atoms with Crippen LogP contribution in [0.4, 0.5) is 0 Å². The summed E-state index contributed by atoms with van der Waals surface area (Å²) in [6.07, 6.45) is 5.91. The Morgan fingerprint density at radius 1 is 1.44 bits per heavy atom. The quantitative estimate of drug-likeness (QED) is 0.699. The van der Waals surface area contributed by atoms with Crippen LogP contribution < -0.4 is 5.32 Å². The van der Waals surface area contributed by atoms with Crippen LogP contribution in [0.5, 0.6) is 0 Å². The molecule has 0 aliphatic heterocycles. The maximum Gasteiger partial charge on any atom is 0.244 e. The van der Waals surface area contributed by atoms with Crippen LogP contribution in [0.3, 0.4) is 0 Å². The molecule has 1 aromatic heterocycles. The van der Waals surface area contributed by atoms with Gasteiger partial charge in [-0.2, -0.15) is 5.10 Å². The minimum atomic E-state index is 0.130. The van der Waals surface area contributed by atoms with Crippen molar-refractivity contribution in [2.45, 2.75) is 33.2 Å². The zero-order valence-electron chi connectivity index (χ0n) is 11.6. The first-order valence-electron chi connectivity index (χ1n) is 6.65. The van der Waals surface area contributed by atoms with E-state index < -0.39 is 0 Å². The van der Waals surface area contributed by atoms with Crippen LogP contribution >= 0.6 is 0 Å². The number of hydrogen-bond donors (Lipinski definition) is 1. The van der Waals surface area contributed by atoms with Crippen molar-refractivity contribution in [1.29, 1.82) is 0 Å². The van der Waals surface area contributed by atoms with E-state index in [4.69, 9.17) is 0 Å². The van der Waals surface area contributed by atoms with Crippen molar-refractivity contribution in [3.8, 4) is 0 Å². The number of amides is 1. The van der Waals surface area contributed by atoms with E-state index in [9.17, 15) is 4.79 Å². The molecule has 5 heteroatoms. The van der Waals surface area contributed by atoms with Crippen molar-refractivity contribution in [2.75, 3.05) is 26.7 Å². The molecule has 0 aliphatic rings. The van der Waals surface area contributed by atoms with E-state index in [1.54, 1.807) is 4.68 Å². The first-order chi connectivity index (χ1) is 8.71. The number of carbonyl (C=O) groups is 1. The SMILES string of the molecule is CCN(CC)C(=O)Cn1cc(CCCNC)cn1. The second-order valence-corrected chi connectivity index (χ2v) is 4.32. The number of aryl methyl sites for hydroxylation is 1. The summed E-state index contributed by atoms with van der Waals surface area (Å²) in [7, 11) is 1.95. The molecule has 1 aromatic rings. The van der Waals surface area contributed by atoms with Gasteiger partial charge in [0.1, 0.15) is 6.54 Å². The predicted octanol–water partition coefficient (Wildman–Crippen LogP) is 0.903. The molecule has 5 nitrogen and oxygen atoms in total. The van der Waals surface area contributed by atoms with Crippen LogP contribution in [0.1, 0.15) is 25.8 Å². The van der Waals surface area contributed by atoms with Crippen molar-refractivity contribution in [2.24, 2.45) is 0 Å². The number of likely N-dealkylation sites (N-methyl/N-ethyl adjacent to an activating group) is 1. The first-order valence-corrected chi connectivity index (χ1v) is 6.65. The third-order valence-corrected chi connectivity index (χ3v) is 2.99. The Balaban J connectivity index is 2.45. The normalized spacial score (nSPS) is 10.6. The van der Waals surface area contributed by atoms with Gasteiger partial charge in [-0.05, 0) is 45.8 Å². The Morgan fingerprint density at radius 3 is 2.78 bits per heavy atom. The Labute approximate surface area is 109 Å². The highest BCUT2D eigenvalue weighted by atomic mass is 16.2. The Hall–Kier alpha value is -1.36. The molecule has 0 unspecified atom stereocenters. The maximum atomic E-state index is 11.9. The lowest BCUT2D eigenvalue weighted by Gasteiger charge is -2.18. The summed E-state index contributed by atoms with van der Waals surface area (Å²) < 4.78 is 1.73. The number of nitrogens with zero attached hydrogens (tertiary/aromatic N) is 3. The number of carbonyl (C=O) groups excluding carboxylic acids is 1. The highest BCUT2D eigenvalue weighted by Crippen LogP contribution is 2.02. The molecular formula is C13H24N4O. The summed E-state index contributed by atoms with van der Waals surface area (Å²) in [6.45, 7) is 6.84. The Kier molecular flexibility index (Phi) is 6.43. The van der Waals surface area contributed by atoms with Gasteiger partial charge < -0.3 is 10.2 Å². The monoisotopic (exact) mass is 252 g/mol. The molecule has 0 aliphatic carbocycles. The molecule has 0 radical (unpaired) electrons. The second kappa shape index (κ2) is 7.87. The van der Waals surface area contributed by atoms with Gasteiger partial charge in [0.2, 0.25) is 5.91 Å². The molecule has 0 saturated heterocycles. The van der Waals surface area contributed by atoms with Crippen LogP contribution in [0.2, 0.25) is 0 Å². The zero-order valence-corrected chi connectivity index (χ0v) is 11.6. The van der Waals surface area contributed by atoms with Crippen molar-refractivity contribution >= 4 is 5.91 Å². The zero-order chi connectivity index (χ0) is 13.4. The average molecular weight is 252 g/mol. The first kappa shape index (κ1) is 14.7. The van der Waals surface area contributed by atoms with Gasteiger partial charge in [0, 0.05) is 19.3 Å². The minimum absolute atomic E-state index is 0.130. The van der Waals surface area contributed by atoms with Gasteiger partial charge in [-0.1, -0.05) is 0 Å². The Bertz CT molecular complexity index is 358. The standard InChI is InChI=1S/C13H24N4O/c1-4-16(5-2)13(18)11-17-10-12(9-15-17)7-6-8-14-3/h9-10,14H,4-8,11H2,1-3H3. The molecule has 1 rings (SSSR count). The fourth-order valence-electron chi connectivity index (χ4n) is 1.91. The van der Waals surface area contributed by atoms with Gasteiger partial charge in [-0.3, -0.25) is 9.48 Å². The molecule has 102 valence electrons. The van der Waals surface area contributed by atoms with Gasteiger partial charge in [0.15, 0.2) is 0 Å². The molecule has 0 saturated carbocycles. The lowest BCUT2D eigenvalue weighted by atomic mass is 10.2. The van der Waals surface area contributed by atoms with Crippen molar-refractivity contribution in [3.63, 3.8) is 0 Å². The summed E-state index contributed by atoms with van der Waals surface area (Å²) >= 11 is 0. The summed E-state index contributed by atoms with van der Waals surface area (Å²) in [5.74, 6) is 0.130. The molecule has 1 amide bonds. The number of nitrogens with one attached hydrogen (secondary N) is 1. The highest BCUT2D eigenvalue weighted by Gasteiger charge is 2.10. The molecule has 0 aromatic carbocycles. The largest absolute Gasteiger partial charge is 0.342 e. The van der Waals surface area contributed by atoms with Gasteiger partial charge in [-0.25, -0.2) is 0 Å². The van der Waals surface area contributed by atoms with E-state index in [2.05, 4.69) is 10.4 Å². The summed E-state index contributed by atoms with van der Waals surface area (Å²) in [5.41, 5.74) is 1.19. The fourth-order valence-corrected chi connectivity index (χ4v) is 1.91. The smallest absolute Gasteiger partial charge is 0.244 e. The van der Waals surface area contributed by atoms with Crippen LogP contribution in [-0.4, -0.2) is 47.3 Å². The van der Waals surface area contributed by atoms with Gasteiger partial charge in [0.05, 0.1) is 6.20 Å². The second-order valence-electron chi connectivity index (χ2n) is 4.32. The number of aromatic nitrogens is 2. The molecule has 18 heavy (non-hydrogen) atoms. The van der Waals surface area contributed by atoms with E-state index in [1.807, 2.05) is 38.2 Å². The van der Waals surface area contributed by atoms with E-state index >= 15 is 0 Å². The maximum absolute atomic E-state index is 11.9. The Morgan fingerprint density at radius 2 is 2.17 bits per heavy atom. The lowest BCUT2D eigenvalue weighted by molar-refractivity contribution is -0.131.